The molecule has 0 unspecified atom stereocenters. The molecule has 2 aliphatic rings. The summed E-state index contributed by atoms with van der Waals surface area (Å²) in [6.07, 6.45) is 0.887. The van der Waals surface area contributed by atoms with E-state index in [1.54, 1.807) is 41.5 Å². The van der Waals surface area contributed by atoms with Crippen LogP contribution in [0.2, 0.25) is 5.02 Å². The van der Waals surface area contributed by atoms with Gasteiger partial charge in [-0.3, -0.25) is 20.2 Å². The van der Waals surface area contributed by atoms with E-state index in [4.69, 9.17) is 20.9 Å². The molecular formula is C33H30ClN5O7. The zero-order valence-corrected chi connectivity index (χ0v) is 25.7. The Balaban J connectivity index is 1.25. The van der Waals surface area contributed by atoms with Gasteiger partial charge in [0.05, 0.1) is 25.0 Å². The van der Waals surface area contributed by atoms with Crippen molar-refractivity contribution in [1.82, 2.24) is 15.4 Å². The average molecular weight is 644 g/mol. The van der Waals surface area contributed by atoms with E-state index in [0.717, 1.165) is 22.4 Å². The Labute approximate surface area is 269 Å². The van der Waals surface area contributed by atoms with Crippen molar-refractivity contribution in [2.75, 3.05) is 30.8 Å². The molecular weight excluding hydrogens is 614 g/mol. The van der Waals surface area contributed by atoms with Crippen molar-refractivity contribution in [3.63, 3.8) is 0 Å². The monoisotopic (exact) mass is 643 g/mol. The number of anilines is 2. The summed E-state index contributed by atoms with van der Waals surface area (Å²) in [6, 6.07) is 18.0. The van der Waals surface area contributed by atoms with Gasteiger partial charge < -0.3 is 24.2 Å². The first-order chi connectivity index (χ1) is 22.1. The highest BCUT2D eigenvalue weighted by molar-refractivity contribution is 6.30. The molecule has 1 spiro atoms. The highest BCUT2D eigenvalue weighted by Gasteiger charge is 2.49. The van der Waals surface area contributed by atoms with Crippen LogP contribution >= 0.6 is 11.6 Å². The van der Waals surface area contributed by atoms with Gasteiger partial charge in [-0.25, -0.2) is 9.59 Å². The van der Waals surface area contributed by atoms with Crippen molar-refractivity contribution >= 4 is 47.0 Å². The van der Waals surface area contributed by atoms with Crippen molar-refractivity contribution in [1.29, 1.82) is 0 Å². The topological polar surface area (TPSA) is 152 Å². The van der Waals surface area contributed by atoms with E-state index >= 15 is 0 Å². The number of ether oxygens (including phenoxy) is 2. The van der Waals surface area contributed by atoms with Crippen LogP contribution in [0.15, 0.2) is 77.5 Å². The molecule has 6 rings (SSSR count). The fourth-order valence-corrected chi connectivity index (χ4v) is 5.98. The fourth-order valence-electron chi connectivity index (χ4n) is 5.81. The zero-order valence-electron chi connectivity index (χ0n) is 25.0. The summed E-state index contributed by atoms with van der Waals surface area (Å²) in [7, 11) is 1.25. The lowest BCUT2D eigenvalue weighted by molar-refractivity contribution is -0.133. The summed E-state index contributed by atoms with van der Waals surface area (Å²) >= 11 is 6.29. The molecule has 236 valence electrons. The van der Waals surface area contributed by atoms with Gasteiger partial charge in [-0.15, -0.1) is 0 Å². The lowest BCUT2D eigenvalue weighted by Crippen LogP contribution is -2.50. The number of rotatable bonds is 7. The first kappa shape index (κ1) is 30.7. The van der Waals surface area contributed by atoms with E-state index in [1.807, 2.05) is 31.2 Å². The molecule has 1 saturated heterocycles. The Morgan fingerprint density at radius 1 is 1.11 bits per heavy atom. The second kappa shape index (κ2) is 12.6. The summed E-state index contributed by atoms with van der Waals surface area (Å²) in [4.78, 5) is 53.2. The highest BCUT2D eigenvalue weighted by Crippen LogP contribution is 2.44. The normalized spacial score (nSPS) is 17.5. The SMILES string of the molecule is COC(=O)Nc1ccc(C(=O)N[C@@H](Cc2ccc(-c3conc3C)cc2)C(=O)N2CC[C@@]3(C2)OC(=O)Nc2ccc(Cl)cc23)cc1. The lowest BCUT2D eigenvalue weighted by Gasteiger charge is -2.35. The van der Waals surface area contributed by atoms with E-state index < -0.39 is 29.7 Å². The number of halogens is 1. The van der Waals surface area contributed by atoms with Crippen LogP contribution in [-0.4, -0.2) is 60.3 Å². The van der Waals surface area contributed by atoms with Gasteiger partial charge in [0, 0.05) is 46.8 Å². The van der Waals surface area contributed by atoms with Crippen LogP contribution in [0.4, 0.5) is 21.0 Å². The number of nitrogens with zero attached hydrogens (tertiary/aromatic N) is 2. The zero-order chi connectivity index (χ0) is 32.4. The Morgan fingerprint density at radius 3 is 2.57 bits per heavy atom. The van der Waals surface area contributed by atoms with E-state index in [2.05, 4.69) is 25.8 Å². The molecule has 3 aromatic carbocycles. The van der Waals surface area contributed by atoms with Gasteiger partial charge in [-0.2, -0.15) is 0 Å². The molecule has 3 N–H and O–H groups in total. The van der Waals surface area contributed by atoms with Crippen LogP contribution in [0.5, 0.6) is 0 Å². The molecule has 0 radical (unpaired) electrons. The molecule has 0 aliphatic carbocycles. The van der Waals surface area contributed by atoms with Gasteiger partial charge in [0.1, 0.15) is 12.3 Å². The van der Waals surface area contributed by atoms with Crippen LogP contribution < -0.4 is 16.0 Å². The van der Waals surface area contributed by atoms with Crippen molar-refractivity contribution in [3.8, 4) is 11.1 Å². The third-order valence-corrected chi connectivity index (χ3v) is 8.41. The third kappa shape index (κ3) is 6.24. The maximum atomic E-state index is 14.2. The summed E-state index contributed by atoms with van der Waals surface area (Å²) < 4.78 is 15.5. The molecule has 0 saturated carbocycles. The number of methoxy groups -OCH3 is 1. The molecule has 2 aliphatic heterocycles. The number of aromatic nitrogens is 1. The standard InChI is InChI=1S/C33H30ClN5O7/c1-19-25(17-45-38-19)21-5-3-20(4-6-21)15-28(36-29(40)22-7-10-24(11-8-22)35-31(42)44-2)30(41)39-14-13-33(18-39)26-16-23(34)9-12-27(26)37-32(43)46-33/h3-12,16-17,28H,13-15,18H2,1-2H3,(H,35,42)(H,36,40)(H,37,43)/t28-,33-/m0/s1. The van der Waals surface area contributed by atoms with E-state index in [0.29, 0.717) is 40.5 Å². The van der Waals surface area contributed by atoms with Crippen molar-refractivity contribution < 1.29 is 33.2 Å². The number of fused-ring (bicyclic) bond motifs is 2. The maximum Gasteiger partial charge on any atom is 0.412 e. The number of nitrogens with one attached hydrogen (secondary N) is 3. The van der Waals surface area contributed by atoms with Crippen LogP contribution in [0.25, 0.3) is 11.1 Å². The number of aryl methyl sites for hydroxylation is 1. The maximum absolute atomic E-state index is 14.2. The predicted molar refractivity (Wildman–Crippen MR) is 169 cm³/mol. The van der Waals surface area contributed by atoms with E-state index in [-0.39, 0.29) is 18.9 Å². The minimum Gasteiger partial charge on any atom is -0.453 e. The number of hydrogen-bond acceptors (Lipinski definition) is 8. The highest BCUT2D eigenvalue weighted by atomic mass is 35.5. The fraction of sp³-hybridized carbons (Fsp3) is 0.242. The molecule has 1 fully saturated rings. The quantitative estimate of drug-likeness (QED) is 0.238. The van der Waals surface area contributed by atoms with Gasteiger partial charge in [0.2, 0.25) is 5.91 Å². The van der Waals surface area contributed by atoms with Gasteiger partial charge in [-0.05, 0) is 60.5 Å². The smallest absolute Gasteiger partial charge is 0.412 e. The van der Waals surface area contributed by atoms with Gasteiger partial charge in [0.25, 0.3) is 5.91 Å². The number of carbonyl (C=O) groups is 4. The van der Waals surface area contributed by atoms with E-state index in [1.165, 1.54) is 19.2 Å². The molecule has 4 aromatic rings. The van der Waals surface area contributed by atoms with Crippen LogP contribution in [-0.2, 0) is 26.3 Å². The largest absolute Gasteiger partial charge is 0.453 e. The minimum atomic E-state index is -1.08. The first-order valence-electron chi connectivity index (χ1n) is 14.5. The second-order valence-electron chi connectivity index (χ2n) is 11.1. The third-order valence-electron chi connectivity index (χ3n) is 8.18. The lowest BCUT2D eigenvalue weighted by atomic mass is 9.90. The second-order valence-corrected chi connectivity index (χ2v) is 11.6. The van der Waals surface area contributed by atoms with Gasteiger partial charge in [0.15, 0.2) is 5.60 Å². The summed E-state index contributed by atoms with van der Waals surface area (Å²) in [5.41, 5.74) is 4.26. The van der Waals surface area contributed by atoms with Gasteiger partial charge in [-0.1, -0.05) is 41.0 Å². The molecule has 46 heavy (non-hydrogen) atoms. The van der Waals surface area contributed by atoms with Gasteiger partial charge >= 0.3 is 12.2 Å². The molecule has 4 amide bonds. The van der Waals surface area contributed by atoms with Crippen LogP contribution in [0, 0.1) is 6.92 Å². The number of likely N-dealkylation sites (tertiary alicyclic amines) is 1. The van der Waals surface area contributed by atoms with Crippen molar-refractivity contribution in [2.45, 2.75) is 31.4 Å². The molecule has 13 heteroatoms. The predicted octanol–water partition coefficient (Wildman–Crippen LogP) is 5.51. The number of hydrogen-bond donors (Lipinski definition) is 3. The molecule has 0 bridgehead atoms. The van der Waals surface area contributed by atoms with Crippen LogP contribution in [0.1, 0.15) is 33.6 Å². The Kier molecular flexibility index (Phi) is 8.37. The number of carbonyl (C=O) groups excluding carboxylic acids is 4. The average Bonchev–Trinajstić information content (AvgIpc) is 3.68. The minimum absolute atomic E-state index is 0.0958. The number of benzene rings is 3. The Bertz CT molecular complexity index is 1810. The van der Waals surface area contributed by atoms with Crippen LogP contribution in [0.3, 0.4) is 0 Å². The Hall–Kier alpha value is -5.36. The molecule has 2 atom stereocenters. The number of amides is 4. The molecule has 12 nitrogen and oxygen atoms in total. The van der Waals surface area contributed by atoms with Crippen molar-refractivity contribution in [3.05, 3.63) is 100 Å². The Morgan fingerprint density at radius 2 is 1.87 bits per heavy atom. The van der Waals surface area contributed by atoms with Crippen molar-refractivity contribution in [2.24, 2.45) is 0 Å². The summed E-state index contributed by atoms with van der Waals surface area (Å²) in [5, 5.41) is 12.5. The first-order valence-corrected chi connectivity index (χ1v) is 14.9. The molecule has 3 heterocycles. The molecule has 1 aromatic heterocycles. The summed E-state index contributed by atoms with van der Waals surface area (Å²) in [5.74, 6) is -0.801. The van der Waals surface area contributed by atoms with E-state index in [9.17, 15) is 19.2 Å². The summed E-state index contributed by atoms with van der Waals surface area (Å²) in [6.45, 7) is 2.24.